The van der Waals surface area contributed by atoms with Crippen LogP contribution in [0, 0.1) is 6.92 Å². The van der Waals surface area contributed by atoms with E-state index in [1.165, 1.54) is 12.4 Å². The van der Waals surface area contributed by atoms with Gasteiger partial charge in [-0.2, -0.15) is 0 Å². The lowest BCUT2D eigenvalue weighted by Gasteiger charge is -2.21. The summed E-state index contributed by atoms with van der Waals surface area (Å²) in [5, 5.41) is 2.84. The Labute approximate surface area is 165 Å². The van der Waals surface area contributed by atoms with Crippen LogP contribution >= 0.6 is 0 Å². The predicted molar refractivity (Wildman–Crippen MR) is 110 cm³/mol. The number of hydrogen-bond donors (Lipinski definition) is 1. The highest BCUT2D eigenvalue weighted by Crippen LogP contribution is 2.14. The van der Waals surface area contributed by atoms with E-state index in [0.717, 1.165) is 11.1 Å². The molecule has 1 N–H and O–H groups in total. The van der Waals surface area contributed by atoms with E-state index >= 15 is 0 Å². The SMILES string of the molecule is CCN(Cc1ccccc1)C(=O)c1cncc(C(=O)Nc2cccc(C)c2)c1. The highest BCUT2D eigenvalue weighted by Gasteiger charge is 2.17. The first-order valence-corrected chi connectivity index (χ1v) is 9.23. The van der Waals surface area contributed by atoms with Gasteiger partial charge >= 0.3 is 0 Å². The number of amides is 2. The number of pyridine rings is 1. The molecule has 0 spiro atoms. The van der Waals surface area contributed by atoms with Gasteiger partial charge in [0.25, 0.3) is 11.8 Å². The summed E-state index contributed by atoms with van der Waals surface area (Å²) in [6.07, 6.45) is 2.97. The maximum atomic E-state index is 12.9. The molecule has 0 radical (unpaired) electrons. The quantitative estimate of drug-likeness (QED) is 0.700. The molecule has 0 atom stereocenters. The van der Waals surface area contributed by atoms with Crippen LogP contribution in [0.1, 0.15) is 38.8 Å². The summed E-state index contributed by atoms with van der Waals surface area (Å²) in [7, 11) is 0. The van der Waals surface area contributed by atoms with Crippen LogP contribution in [-0.4, -0.2) is 28.2 Å². The number of carbonyl (C=O) groups excluding carboxylic acids is 2. The van der Waals surface area contributed by atoms with Crippen molar-refractivity contribution in [1.29, 1.82) is 0 Å². The molecule has 0 aliphatic heterocycles. The maximum absolute atomic E-state index is 12.9. The fraction of sp³-hybridized carbons (Fsp3) is 0.174. The monoisotopic (exact) mass is 373 g/mol. The van der Waals surface area contributed by atoms with Crippen LogP contribution < -0.4 is 5.32 Å². The molecule has 2 aromatic carbocycles. The molecule has 0 saturated heterocycles. The van der Waals surface area contributed by atoms with Crippen molar-refractivity contribution in [3.05, 3.63) is 95.3 Å². The fourth-order valence-corrected chi connectivity index (χ4v) is 2.92. The molecule has 0 aliphatic carbocycles. The summed E-state index contributed by atoms with van der Waals surface area (Å²) in [5.41, 5.74) is 3.57. The Morgan fingerprint density at radius 3 is 2.43 bits per heavy atom. The van der Waals surface area contributed by atoms with Gasteiger partial charge in [0, 0.05) is 31.2 Å². The molecular weight excluding hydrogens is 350 g/mol. The van der Waals surface area contributed by atoms with Crippen molar-refractivity contribution in [3.8, 4) is 0 Å². The average Bonchev–Trinajstić information content (AvgIpc) is 2.72. The maximum Gasteiger partial charge on any atom is 0.257 e. The van der Waals surface area contributed by atoms with E-state index in [4.69, 9.17) is 0 Å². The van der Waals surface area contributed by atoms with E-state index in [1.54, 1.807) is 11.0 Å². The molecular formula is C23H23N3O2. The first-order valence-electron chi connectivity index (χ1n) is 9.23. The van der Waals surface area contributed by atoms with Crippen molar-refractivity contribution < 1.29 is 9.59 Å². The van der Waals surface area contributed by atoms with Crippen molar-refractivity contribution in [2.75, 3.05) is 11.9 Å². The van der Waals surface area contributed by atoms with E-state index in [-0.39, 0.29) is 11.8 Å². The normalized spacial score (nSPS) is 10.4. The zero-order chi connectivity index (χ0) is 19.9. The van der Waals surface area contributed by atoms with Gasteiger partial charge in [0.2, 0.25) is 0 Å². The van der Waals surface area contributed by atoms with E-state index in [2.05, 4.69) is 10.3 Å². The molecule has 1 heterocycles. The van der Waals surface area contributed by atoms with Crippen molar-refractivity contribution in [2.45, 2.75) is 20.4 Å². The number of benzene rings is 2. The molecule has 0 saturated carbocycles. The van der Waals surface area contributed by atoms with Crippen LogP contribution in [0.25, 0.3) is 0 Å². The molecule has 1 aromatic heterocycles. The van der Waals surface area contributed by atoms with E-state index in [0.29, 0.717) is 29.9 Å². The minimum absolute atomic E-state index is 0.149. The van der Waals surface area contributed by atoms with Crippen LogP contribution in [0.5, 0.6) is 0 Å². The molecule has 0 bridgehead atoms. The van der Waals surface area contributed by atoms with Crippen LogP contribution in [0.2, 0.25) is 0 Å². The van der Waals surface area contributed by atoms with Crippen molar-refractivity contribution >= 4 is 17.5 Å². The highest BCUT2D eigenvalue weighted by molar-refractivity contribution is 6.05. The summed E-state index contributed by atoms with van der Waals surface area (Å²) in [5.74, 6) is -0.442. The number of hydrogen-bond acceptors (Lipinski definition) is 3. The number of carbonyl (C=O) groups is 2. The first-order chi connectivity index (χ1) is 13.6. The summed E-state index contributed by atoms with van der Waals surface area (Å²) in [4.78, 5) is 31.3. The molecule has 3 aromatic rings. The Morgan fingerprint density at radius 2 is 1.71 bits per heavy atom. The minimum Gasteiger partial charge on any atom is -0.335 e. The summed E-state index contributed by atoms with van der Waals surface area (Å²) in [6, 6.07) is 19.0. The molecule has 3 rings (SSSR count). The van der Waals surface area contributed by atoms with Crippen LogP contribution in [-0.2, 0) is 6.54 Å². The summed E-state index contributed by atoms with van der Waals surface area (Å²) < 4.78 is 0. The second kappa shape index (κ2) is 8.95. The van der Waals surface area contributed by atoms with Crippen molar-refractivity contribution in [3.63, 3.8) is 0 Å². The third kappa shape index (κ3) is 4.82. The number of nitrogens with one attached hydrogen (secondary N) is 1. The topological polar surface area (TPSA) is 62.3 Å². The molecule has 28 heavy (non-hydrogen) atoms. The molecule has 142 valence electrons. The Kier molecular flexibility index (Phi) is 6.17. The van der Waals surface area contributed by atoms with Gasteiger partial charge in [0.1, 0.15) is 0 Å². The lowest BCUT2D eigenvalue weighted by atomic mass is 10.1. The molecule has 5 heteroatoms. The number of nitrogens with zero attached hydrogens (tertiary/aromatic N) is 2. The van der Waals surface area contributed by atoms with Gasteiger partial charge in [-0.3, -0.25) is 14.6 Å². The number of aromatic nitrogens is 1. The minimum atomic E-state index is -0.293. The Bertz CT molecular complexity index is 970. The van der Waals surface area contributed by atoms with Gasteiger partial charge in [0.15, 0.2) is 0 Å². The first kappa shape index (κ1) is 19.3. The van der Waals surface area contributed by atoms with Crippen molar-refractivity contribution in [1.82, 2.24) is 9.88 Å². The lowest BCUT2D eigenvalue weighted by Crippen LogP contribution is -2.30. The summed E-state index contributed by atoms with van der Waals surface area (Å²) in [6.45, 7) is 4.97. The zero-order valence-electron chi connectivity index (χ0n) is 16.1. The van der Waals surface area contributed by atoms with Gasteiger partial charge in [-0.15, -0.1) is 0 Å². The van der Waals surface area contributed by atoms with Crippen LogP contribution in [0.4, 0.5) is 5.69 Å². The molecule has 2 amide bonds. The average molecular weight is 373 g/mol. The molecule has 0 fully saturated rings. The number of aryl methyl sites for hydroxylation is 1. The van der Waals surface area contributed by atoms with E-state index in [9.17, 15) is 9.59 Å². The Morgan fingerprint density at radius 1 is 0.964 bits per heavy atom. The third-order valence-electron chi connectivity index (χ3n) is 4.41. The third-order valence-corrected chi connectivity index (χ3v) is 4.41. The van der Waals surface area contributed by atoms with Crippen LogP contribution in [0.3, 0.4) is 0 Å². The second-order valence-electron chi connectivity index (χ2n) is 6.59. The lowest BCUT2D eigenvalue weighted by molar-refractivity contribution is 0.0752. The fourth-order valence-electron chi connectivity index (χ4n) is 2.92. The van der Waals surface area contributed by atoms with Gasteiger partial charge in [-0.1, -0.05) is 42.5 Å². The predicted octanol–water partition coefficient (Wildman–Crippen LogP) is 4.30. The van der Waals surface area contributed by atoms with E-state index < -0.39 is 0 Å². The largest absolute Gasteiger partial charge is 0.335 e. The van der Waals surface area contributed by atoms with E-state index in [1.807, 2.05) is 68.4 Å². The number of anilines is 1. The Hall–Kier alpha value is -3.47. The van der Waals surface area contributed by atoms with Crippen LogP contribution in [0.15, 0.2) is 73.1 Å². The van der Waals surface area contributed by atoms with Gasteiger partial charge in [-0.05, 0) is 43.2 Å². The highest BCUT2D eigenvalue weighted by atomic mass is 16.2. The molecule has 5 nitrogen and oxygen atoms in total. The number of rotatable bonds is 6. The van der Waals surface area contributed by atoms with Crippen molar-refractivity contribution in [2.24, 2.45) is 0 Å². The smallest absolute Gasteiger partial charge is 0.257 e. The Balaban J connectivity index is 1.75. The molecule has 0 aliphatic rings. The summed E-state index contributed by atoms with van der Waals surface area (Å²) >= 11 is 0. The second-order valence-corrected chi connectivity index (χ2v) is 6.59. The van der Waals surface area contributed by atoms with Gasteiger partial charge < -0.3 is 10.2 Å². The standard InChI is InChI=1S/C23H23N3O2/c1-3-26(16-18-9-5-4-6-10-18)23(28)20-13-19(14-24-15-20)22(27)25-21-11-7-8-17(2)12-21/h4-15H,3,16H2,1-2H3,(H,25,27). The zero-order valence-corrected chi connectivity index (χ0v) is 16.1. The van der Waals surface area contributed by atoms with Gasteiger partial charge in [-0.25, -0.2) is 0 Å². The van der Waals surface area contributed by atoms with Gasteiger partial charge in [0.05, 0.1) is 11.1 Å². The molecule has 0 unspecified atom stereocenters.